The number of anilines is 1. The van der Waals surface area contributed by atoms with Crippen LogP contribution in [0.5, 0.6) is 5.75 Å². The van der Waals surface area contributed by atoms with Crippen LogP contribution in [0.4, 0.5) is 11.5 Å². The van der Waals surface area contributed by atoms with Gasteiger partial charge in [0.25, 0.3) is 5.69 Å². The van der Waals surface area contributed by atoms with Crippen LogP contribution >= 0.6 is 11.3 Å². The minimum Gasteiger partial charge on any atom is -0.868 e. The van der Waals surface area contributed by atoms with Crippen LogP contribution < -0.4 is 10.5 Å². The van der Waals surface area contributed by atoms with E-state index in [1.807, 2.05) is 0 Å². The average molecular weight is 354 g/mol. The largest absolute Gasteiger partial charge is 0.868 e. The second-order valence-corrected chi connectivity index (χ2v) is 6.70. The molecular formula is C16H12N5O3S-. The zero-order valence-corrected chi connectivity index (χ0v) is 13.7. The highest BCUT2D eigenvalue weighted by molar-refractivity contribution is 7.19. The minimum atomic E-state index is -0.699. The fourth-order valence-electron chi connectivity index (χ4n) is 2.94. The quantitative estimate of drug-likeness (QED) is 0.437. The van der Waals surface area contributed by atoms with Crippen molar-refractivity contribution in [2.75, 3.05) is 5.43 Å². The third-order valence-corrected chi connectivity index (χ3v) is 5.26. The summed E-state index contributed by atoms with van der Waals surface area (Å²) in [6.07, 6.45) is 6.14. The van der Waals surface area contributed by atoms with Crippen molar-refractivity contribution in [2.45, 2.75) is 19.3 Å². The lowest BCUT2D eigenvalue weighted by molar-refractivity contribution is -0.398. The number of hydrogen-bond acceptors (Lipinski definition) is 8. The van der Waals surface area contributed by atoms with Gasteiger partial charge in [0.15, 0.2) is 5.82 Å². The summed E-state index contributed by atoms with van der Waals surface area (Å²) in [5, 5.41) is 27.3. The maximum absolute atomic E-state index is 11.4. The fourth-order valence-corrected chi connectivity index (χ4v) is 4.17. The first-order valence-electron chi connectivity index (χ1n) is 7.63. The summed E-state index contributed by atoms with van der Waals surface area (Å²) in [7, 11) is 0. The van der Waals surface area contributed by atoms with Crippen molar-refractivity contribution in [3.05, 3.63) is 50.6 Å². The van der Waals surface area contributed by atoms with E-state index in [0.717, 1.165) is 35.5 Å². The number of nitrogens with one attached hydrogen (secondary N) is 1. The number of nitro groups is 1. The average Bonchev–Trinajstić information content (AvgIpc) is 3.17. The molecule has 0 aliphatic heterocycles. The summed E-state index contributed by atoms with van der Waals surface area (Å²) < 4.78 is 0. The number of fused-ring (bicyclic) bond motifs is 3. The number of rotatable bonds is 4. The van der Waals surface area contributed by atoms with Gasteiger partial charge < -0.3 is 5.11 Å². The van der Waals surface area contributed by atoms with Gasteiger partial charge in [0.1, 0.15) is 11.2 Å². The first-order valence-corrected chi connectivity index (χ1v) is 8.45. The number of nitrogens with zero attached hydrogens (tertiary/aromatic N) is 4. The Labute approximate surface area is 146 Å². The van der Waals surface area contributed by atoms with Crippen molar-refractivity contribution in [1.82, 2.24) is 9.97 Å². The van der Waals surface area contributed by atoms with Gasteiger partial charge in [-0.05, 0) is 30.6 Å². The third kappa shape index (κ3) is 2.78. The third-order valence-electron chi connectivity index (χ3n) is 4.07. The fraction of sp³-hybridized carbons (Fsp3) is 0.188. The number of aromatic nitrogens is 2. The molecule has 0 amide bonds. The number of nitro benzene ring substituents is 1. The van der Waals surface area contributed by atoms with Gasteiger partial charge in [-0.25, -0.2) is 9.97 Å². The Morgan fingerprint density at radius 3 is 3.04 bits per heavy atom. The topological polar surface area (TPSA) is 116 Å². The normalized spacial score (nSPS) is 13.4. The molecule has 1 aromatic carbocycles. The summed E-state index contributed by atoms with van der Waals surface area (Å²) in [6.45, 7) is 0. The molecule has 9 heteroatoms. The standard InChI is InChI=1S/C16H13N5O3S/c22-12-5-4-9(6-11(12)21(23)24)7-19-20-15-14-10-2-1-3-13(10)25-16(14)18-8-17-15/h4-8,22H,1-3H2,(H,17,18,20)/p-1/b19-7-. The molecule has 126 valence electrons. The zero-order chi connectivity index (χ0) is 17.4. The Morgan fingerprint density at radius 1 is 1.32 bits per heavy atom. The van der Waals surface area contributed by atoms with Gasteiger partial charge in [0.05, 0.1) is 16.5 Å². The Bertz CT molecular complexity index is 1010. The van der Waals surface area contributed by atoms with Crippen molar-refractivity contribution < 1.29 is 10.0 Å². The lowest BCUT2D eigenvalue weighted by atomic mass is 10.2. The van der Waals surface area contributed by atoms with Crippen molar-refractivity contribution in [1.29, 1.82) is 0 Å². The minimum absolute atomic E-state index is 0.458. The highest BCUT2D eigenvalue weighted by Crippen LogP contribution is 2.38. The van der Waals surface area contributed by atoms with Crippen LogP contribution in [-0.2, 0) is 12.8 Å². The maximum atomic E-state index is 11.4. The number of benzene rings is 1. The molecule has 0 atom stereocenters. The molecule has 1 aliphatic rings. The van der Waals surface area contributed by atoms with Gasteiger partial charge in [-0.2, -0.15) is 5.10 Å². The first kappa shape index (κ1) is 15.5. The second kappa shape index (κ2) is 6.10. The molecule has 0 bridgehead atoms. The molecule has 3 aromatic rings. The Hall–Kier alpha value is -3.07. The van der Waals surface area contributed by atoms with Gasteiger partial charge in [-0.15, -0.1) is 11.3 Å². The summed E-state index contributed by atoms with van der Waals surface area (Å²) in [4.78, 5) is 21.0. The molecule has 0 saturated heterocycles. The van der Waals surface area contributed by atoms with Gasteiger partial charge in [0, 0.05) is 16.5 Å². The lowest BCUT2D eigenvalue weighted by Crippen LogP contribution is -1.99. The van der Waals surface area contributed by atoms with Crippen LogP contribution in [0, 0.1) is 10.1 Å². The van der Waals surface area contributed by atoms with Crippen molar-refractivity contribution in [2.24, 2.45) is 5.10 Å². The van der Waals surface area contributed by atoms with Gasteiger partial charge in [0.2, 0.25) is 0 Å². The van der Waals surface area contributed by atoms with Crippen LogP contribution in [0.2, 0.25) is 0 Å². The van der Waals surface area contributed by atoms with Crippen LogP contribution in [0.15, 0.2) is 29.6 Å². The summed E-state index contributed by atoms with van der Waals surface area (Å²) in [5.74, 6) is -0.00273. The summed E-state index contributed by atoms with van der Waals surface area (Å²) in [6, 6.07) is 3.85. The maximum Gasteiger partial charge on any atom is 0.262 e. The molecule has 0 unspecified atom stereocenters. The van der Waals surface area contributed by atoms with E-state index >= 15 is 0 Å². The smallest absolute Gasteiger partial charge is 0.262 e. The van der Waals surface area contributed by atoms with Crippen LogP contribution in [0.1, 0.15) is 22.4 Å². The molecule has 0 spiro atoms. The van der Waals surface area contributed by atoms with E-state index in [1.54, 1.807) is 11.3 Å². The van der Waals surface area contributed by atoms with Crippen molar-refractivity contribution in [3.63, 3.8) is 0 Å². The van der Waals surface area contributed by atoms with E-state index in [0.29, 0.717) is 11.4 Å². The van der Waals surface area contributed by atoms with Gasteiger partial charge in [-0.3, -0.25) is 15.5 Å². The van der Waals surface area contributed by atoms with Crippen molar-refractivity contribution >= 4 is 39.3 Å². The highest BCUT2D eigenvalue weighted by Gasteiger charge is 2.20. The highest BCUT2D eigenvalue weighted by atomic mass is 32.1. The Morgan fingerprint density at radius 2 is 2.20 bits per heavy atom. The number of hydrogen-bond donors (Lipinski definition) is 1. The lowest BCUT2D eigenvalue weighted by Gasteiger charge is -2.06. The monoisotopic (exact) mass is 354 g/mol. The molecule has 1 aliphatic carbocycles. The van der Waals surface area contributed by atoms with Crippen LogP contribution in [-0.4, -0.2) is 21.1 Å². The molecule has 4 rings (SSSR count). The Kier molecular flexibility index (Phi) is 3.77. The predicted octanol–water partition coefficient (Wildman–Crippen LogP) is 2.61. The molecule has 2 aromatic heterocycles. The summed E-state index contributed by atoms with van der Waals surface area (Å²) in [5.41, 5.74) is 4.16. The number of aryl methyl sites for hydroxylation is 2. The van der Waals surface area contributed by atoms with Crippen LogP contribution in [0.3, 0.4) is 0 Å². The van der Waals surface area contributed by atoms with E-state index in [-0.39, 0.29) is 0 Å². The molecular weight excluding hydrogens is 342 g/mol. The molecule has 0 radical (unpaired) electrons. The molecule has 2 heterocycles. The zero-order valence-electron chi connectivity index (χ0n) is 12.9. The van der Waals surface area contributed by atoms with Crippen molar-refractivity contribution in [3.8, 4) is 5.75 Å². The number of hydrazone groups is 1. The molecule has 1 N–H and O–H groups in total. The second-order valence-electron chi connectivity index (χ2n) is 5.61. The molecule has 0 fully saturated rings. The number of thiophene rings is 1. The molecule has 25 heavy (non-hydrogen) atoms. The van der Waals surface area contributed by atoms with E-state index in [1.165, 1.54) is 35.1 Å². The Balaban J connectivity index is 1.62. The SMILES string of the molecule is O=[N+]([O-])c1cc(/C=N\Nc2ncnc3sc4c(c23)CCC4)ccc1[O-]. The molecule has 8 nitrogen and oxygen atoms in total. The van der Waals surface area contributed by atoms with E-state index in [2.05, 4.69) is 20.5 Å². The van der Waals surface area contributed by atoms with E-state index in [9.17, 15) is 15.2 Å². The van der Waals surface area contributed by atoms with Gasteiger partial charge >= 0.3 is 0 Å². The van der Waals surface area contributed by atoms with Crippen LogP contribution in [0.25, 0.3) is 10.2 Å². The molecule has 0 saturated carbocycles. The van der Waals surface area contributed by atoms with E-state index in [4.69, 9.17) is 0 Å². The predicted molar refractivity (Wildman–Crippen MR) is 93.2 cm³/mol. The van der Waals surface area contributed by atoms with E-state index < -0.39 is 16.4 Å². The first-order chi connectivity index (χ1) is 12.1. The summed E-state index contributed by atoms with van der Waals surface area (Å²) >= 11 is 1.68. The van der Waals surface area contributed by atoms with Gasteiger partial charge in [-0.1, -0.05) is 12.1 Å².